The number of hydrogen-bond donors (Lipinski definition) is 4. The molecule has 1 heterocycles. The standard InChI is InChI=1S/C31H33N5O9/c1-4-43-26-15-22(29-28(30(38)42-3)19(2)33-31(39)34-29)9-14-25(26)45-18-27(37)35-32-16-20-7-12-24(13-8-20)44-17-21-5-10-23(11-6-21)36(40)41/h5-16,27,29,35,37H,4,17-18H2,1-3H3,(H2,33,34,39)/b32-16-/t27-,29+/m0/s1. The molecule has 0 bridgehead atoms. The molecule has 14 heteroatoms. The van der Waals surface area contributed by atoms with E-state index < -0.39 is 29.2 Å². The predicted octanol–water partition coefficient (Wildman–Crippen LogP) is 3.69. The predicted molar refractivity (Wildman–Crippen MR) is 163 cm³/mol. The second-order valence-electron chi connectivity index (χ2n) is 9.70. The smallest absolute Gasteiger partial charge is 0.337 e. The fourth-order valence-corrected chi connectivity index (χ4v) is 4.35. The van der Waals surface area contributed by atoms with Gasteiger partial charge in [-0.3, -0.25) is 15.5 Å². The first-order valence-electron chi connectivity index (χ1n) is 13.9. The van der Waals surface area contributed by atoms with Crippen LogP contribution in [0.2, 0.25) is 0 Å². The minimum Gasteiger partial charge on any atom is -0.490 e. The van der Waals surface area contributed by atoms with Crippen LogP contribution in [-0.2, 0) is 16.1 Å². The third kappa shape index (κ3) is 8.70. The Morgan fingerprint density at radius 2 is 1.82 bits per heavy atom. The summed E-state index contributed by atoms with van der Waals surface area (Å²) in [7, 11) is 1.27. The lowest BCUT2D eigenvalue weighted by Crippen LogP contribution is -2.45. The number of esters is 1. The van der Waals surface area contributed by atoms with Crippen molar-refractivity contribution in [1.29, 1.82) is 0 Å². The normalized spacial score (nSPS) is 15.1. The Bertz CT molecular complexity index is 1570. The van der Waals surface area contributed by atoms with Crippen LogP contribution in [-0.4, -0.2) is 54.8 Å². The van der Waals surface area contributed by atoms with Gasteiger partial charge < -0.3 is 34.7 Å². The Balaban J connectivity index is 1.30. The molecule has 4 N–H and O–H groups in total. The molecule has 4 rings (SSSR count). The van der Waals surface area contributed by atoms with Gasteiger partial charge in [0, 0.05) is 17.8 Å². The molecule has 1 aliphatic heterocycles. The van der Waals surface area contributed by atoms with E-state index in [-0.39, 0.29) is 24.5 Å². The maximum atomic E-state index is 12.4. The second kappa shape index (κ2) is 15.2. The molecule has 1 aliphatic rings. The molecule has 2 atom stereocenters. The van der Waals surface area contributed by atoms with Crippen molar-refractivity contribution in [1.82, 2.24) is 16.1 Å². The summed E-state index contributed by atoms with van der Waals surface area (Å²) in [5.41, 5.74) is 5.37. The summed E-state index contributed by atoms with van der Waals surface area (Å²) >= 11 is 0. The number of aliphatic hydroxyl groups excluding tert-OH is 1. The Hall–Kier alpha value is -5.63. The zero-order valence-corrected chi connectivity index (χ0v) is 24.8. The number of allylic oxidation sites excluding steroid dienone is 1. The van der Waals surface area contributed by atoms with Crippen molar-refractivity contribution in [3.63, 3.8) is 0 Å². The van der Waals surface area contributed by atoms with Crippen molar-refractivity contribution in [2.45, 2.75) is 32.7 Å². The molecule has 0 spiro atoms. The summed E-state index contributed by atoms with van der Waals surface area (Å²) in [6.45, 7) is 3.83. The number of nitro benzene ring substituents is 1. The van der Waals surface area contributed by atoms with Crippen LogP contribution in [0.15, 0.2) is 83.1 Å². The van der Waals surface area contributed by atoms with Crippen LogP contribution in [0, 0.1) is 10.1 Å². The van der Waals surface area contributed by atoms with E-state index >= 15 is 0 Å². The maximum Gasteiger partial charge on any atom is 0.337 e. The average Bonchev–Trinajstić information content (AvgIpc) is 3.03. The molecule has 14 nitrogen and oxygen atoms in total. The number of hydrazone groups is 1. The Labute approximate surface area is 258 Å². The van der Waals surface area contributed by atoms with Gasteiger partial charge in [-0.1, -0.05) is 6.07 Å². The highest BCUT2D eigenvalue weighted by Crippen LogP contribution is 2.35. The van der Waals surface area contributed by atoms with E-state index in [0.29, 0.717) is 35.1 Å². The first-order chi connectivity index (χ1) is 21.7. The Morgan fingerprint density at radius 3 is 2.49 bits per heavy atom. The van der Waals surface area contributed by atoms with E-state index in [4.69, 9.17) is 18.9 Å². The van der Waals surface area contributed by atoms with E-state index in [1.807, 2.05) is 0 Å². The van der Waals surface area contributed by atoms with Crippen molar-refractivity contribution >= 4 is 23.9 Å². The first-order valence-corrected chi connectivity index (χ1v) is 13.9. The van der Waals surface area contributed by atoms with Gasteiger partial charge >= 0.3 is 12.0 Å². The van der Waals surface area contributed by atoms with E-state index in [0.717, 1.165) is 11.1 Å². The molecule has 0 aromatic heterocycles. The number of hydrogen-bond acceptors (Lipinski definition) is 11. The molecular weight excluding hydrogens is 586 g/mol. The van der Waals surface area contributed by atoms with Gasteiger partial charge in [0.2, 0.25) is 0 Å². The molecule has 2 amide bonds. The number of nitrogens with zero attached hydrogens (tertiary/aromatic N) is 2. The summed E-state index contributed by atoms with van der Waals surface area (Å²) in [5.74, 6) is 0.729. The number of nitrogens with one attached hydrogen (secondary N) is 3. The molecule has 0 radical (unpaired) electrons. The third-order valence-electron chi connectivity index (χ3n) is 6.54. The number of benzene rings is 3. The fraction of sp³-hybridized carbons (Fsp3) is 0.258. The highest BCUT2D eigenvalue weighted by atomic mass is 16.6. The van der Waals surface area contributed by atoms with Crippen molar-refractivity contribution in [3.05, 3.63) is 105 Å². The summed E-state index contributed by atoms with van der Waals surface area (Å²) in [6.07, 6.45) is 0.366. The quantitative estimate of drug-likeness (QED) is 0.0683. The lowest BCUT2D eigenvalue weighted by Gasteiger charge is -2.28. The Morgan fingerprint density at radius 1 is 1.09 bits per heavy atom. The summed E-state index contributed by atoms with van der Waals surface area (Å²) < 4.78 is 22.1. The zero-order chi connectivity index (χ0) is 32.3. The van der Waals surface area contributed by atoms with Gasteiger partial charge in [0.25, 0.3) is 5.69 Å². The Kier molecular flexibility index (Phi) is 10.9. The number of nitro groups is 1. The second-order valence-corrected chi connectivity index (χ2v) is 9.70. The molecule has 0 saturated heterocycles. The number of urea groups is 1. The number of non-ortho nitro benzene ring substituents is 1. The molecule has 0 unspecified atom stereocenters. The van der Waals surface area contributed by atoms with Gasteiger partial charge in [0.05, 0.1) is 36.5 Å². The number of ether oxygens (including phenoxy) is 4. The molecule has 3 aromatic rings. The minimum absolute atomic E-state index is 0.0201. The van der Waals surface area contributed by atoms with Crippen LogP contribution in [0.3, 0.4) is 0 Å². The first kappa shape index (κ1) is 32.3. The van der Waals surface area contributed by atoms with Gasteiger partial charge in [0.15, 0.2) is 17.7 Å². The number of methoxy groups -OCH3 is 1. The van der Waals surface area contributed by atoms with Crippen LogP contribution < -0.4 is 30.3 Å². The monoisotopic (exact) mass is 619 g/mol. The van der Waals surface area contributed by atoms with Crippen molar-refractivity contribution in [2.24, 2.45) is 5.10 Å². The van der Waals surface area contributed by atoms with E-state index in [9.17, 15) is 24.8 Å². The van der Waals surface area contributed by atoms with E-state index in [1.54, 1.807) is 68.4 Å². The van der Waals surface area contributed by atoms with E-state index in [2.05, 4.69) is 21.2 Å². The van der Waals surface area contributed by atoms with Gasteiger partial charge in [-0.25, -0.2) is 9.59 Å². The number of aliphatic hydroxyl groups is 1. The lowest BCUT2D eigenvalue weighted by molar-refractivity contribution is -0.384. The van der Waals surface area contributed by atoms with Crippen LogP contribution >= 0.6 is 0 Å². The molecule has 3 aromatic carbocycles. The molecule has 236 valence electrons. The third-order valence-corrected chi connectivity index (χ3v) is 6.54. The van der Waals surface area contributed by atoms with Crippen molar-refractivity contribution < 1.29 is 38.6 Å². The van der Waals surface area contributed by atoms with Gasteiger partial charge in [-0.05, 0) is 79.1 Å². The van der Waals surface area contributed by atoms with Crippen LogP contribution in [0.1, 0.15) is 36.6 Å². The SMILES string of the molecule is CCOc1cc([C@H]2NC(=O)NC(C)=C2C(=O)OC)ccc1OC[C@H](O)N/N=C\c1ccc(OCc2ccc([N+](=O)[O-])cc2)cc1. The van der Waals surface area contributed by atoms with Gasteiger partial charge in [-0.15, -0.1) is 0 Å². The topological polar surface area (TPSA) is 183 Å². The van der Waals surface area contributed by atoms with Crippen molar-refractivity contribution in [3.8, 4) is 17.2 Å². The lowest BCUT2D eigenvalue weighted by atomic mass is 9.95. The van der Waals surface area contributed by atoms with Gasteiger partial charge in [-0.2, -0.15) is 5.10 Å². The zero-order valence-electron chi connectivity index (χ0n) is 24.8. The number of carbonyl (C=O) groups excluding carboxylic acids is 2. The molecule has 0 fully saturated rings. The van der Waals surface area contributed by atoms with Crippen LogP contribution in [0.5, 0.6) is 17.2 Å². The number of rotatable bonds is 14. The summed E-state index contributed by atoms with van der Waals surface area (Å²) in [6, 6.07) is 17.0. The highest BCUT2D eigenvalue weighted by Gasteiger charge is 2.32. The molecular formula is C31H33N5O9. The highest BCUT2D eigenvalue weighted by molar-refractivity contribution is 5.95. The van der Waals surface area contributed by atoms with Crippen LogP contribution in [0.4, 0.5) is 10.5 Å². The fourth-order valence-electron chi connectivity index (χ4n) is 4.35. The summed E-state index contributed by atoms with van der Waals surface area (Å²) in [4.78, 5) is 34.9. The largest absolute Gasteiger partial charge is 0.490 e. The molecule has 45 heavy (non-hydrogen) atoms. The maximum absolute atomic E-state index is 12.4. The molecule has 0 saturated carbocycles. The van der Waals surface area contributed by atoms with E-state index in [1.165, 1.54) is 25.5 Å². The number of carbonyl (C=O) groups is 2. The number of amides is 2. The van der Waals surface area contributed by atoms with Crippen LogP contribution in [0.25, 0.3) is 0 Å². The van der Waals surface area contributed by atoms with Gasteiger partial charge in [0.1, 0.15) is 19.0 Å². The summed E-state index contributed by atoms with van der Waals surface area (Å²) in [5, 5.41) is 30.5. The minimum atomic E-state index is -1.15. The average molecular weight is 620 g/mol. The van der Waals surface area contributed by atoms with Crippen molar-refractivity contribution in [2.75, 3.05) is 20.3 Å². The molecule has 0 aliphatic carbocycles.